The lowest BCUT2D eigenvalue weighted by Crippen LogP contribution is -2.31. The fourth-order valence-electron chi connectivity index (χ4n) is 3.52. The molecule has 1 unspecified atom stereocenters. The minimum atomic E-state index is -0.268. The number of hydrogen-bond acceptors (Lipinski definition) is 4. The number of carbonyl (C=O) groups excluding carboxylic acids is 1. The van der Waals surface area contributed by atoms with Crippen molar-refractivity contribution in [1.82, 2.24) is 0 Å². The van der Waals surface area contributed by atoms with Crippen LogP contribution < -0.4 is 0 Å². The topological polar surface area (TPSA) is 38.7 Å². The van der Waals surface area contributed by atoms with Gasteiger partial charge < -0.3 is 4.74 Å². The van der Waals surface area contributed by atoms with Gasteiger partial charge in [-0.15, -0.1) is 11.3 Å². The summed E-state index contributed by atoms with van der Waals surface area (Å²) in [4.78, 5) is 19.1. The predicted molar refractivity (Wildman–Crippen MR) is 131 cm³/mol. The largest absolute Gasteiger partial charge is 0.372 e. The van der Waals surface area contributed by atoms with Crippen LogP contribution in [0.25, 0.3) is 11.1 Å². The number of aliphatic imine (C=N–C) groups is 1. The molecule has 0 amide bonds. The summed E-state index contributed by atoms with van der Waals surface area (Å²) in [5.74, 6) is -0.0157. The number of Topliss-reactive ketones (excluding diaryl/α,β-unsaturated/α-hetero) is 1. The number of rotatable bonds is 12. The van der Waals surface area contributed by atoms with Gasteiger partial charge in [-0.05, 0) is 41.5 Å². The summed E-state index contributed by atoms with van der Waals surface area (Å²) in [6.07, 6.45) is 3.83. The molecule has 4 heteroatoms. The Hall–Kier alpha value is -2.56. The molecule has 1 atom stereocenters. The molecule has 3 rings (SSSR count). The van der Waals surface area contributed by atoms with Crippen LogP contribution >= 0.6 is 11.3 Å². The van der Waals surface area contributed by atoms with Crippen LogP contribution in [0.1, 0.15) is 54.8 Å². The molecule has 0 fully saturated rings. The number of benzene rings is 2. The first-order valence-electron chi connectivity index (χ1n) is 11.1. The number of thiophene rings is 1. The van der Waals surface area contributed by atoms with Gasteiger partial charge in [-0.25, -0.2) is 0 Å². The van der Waals surface area contributed by atoms with Crippen LogP contribution in [0.2, 0.25) is 0 Å². The van der Waals surface area contributed by atoms with Crippen LogP contribution in [0.4, 0.5) is 0 Å². The minimum Gasteiger partial charge on any atom is -0.372 e. The molecule has 3 nitrogen and oxygen atoms in total. The molecule has 0 spiro atoms. The molecule has 0 saturated heterocycles. The van der Waals surface area contributed by atoms with Crippen molar-refractivity contribution in [2.75, 3.05) is 6.61 Å². The highest BCUT2D eigenvalue weighted by molar-refractivity contribution is 7.13. The van der Waals surface area contributed by atoms with E-state index in [4.69, 9.17) is 9.73 Å². The smallest absolute Gasteiger partial charge is 0.219 e. The summed E-state index contributed by atoms with van der Waals surface area (Å²) >= 11 is 1.48. The lowest BCUT2D eigenvalue weighted by molar-refractivity contribution is 0.0906. The zero-order valence-electron chi connectivity index (χ0n) is 18.4. The molecule has 1 heterocycles. The third-order valence-electron chi connectivity index (χ3n) is 5.18. The summed E-state index contributed by atoms with van der Waals surface area (Å²) in [6, 6.07) is 22.2. The Morgan fingerprint density at radius 1 is 0.968 bits per heavy atom. The molecule has 0 radical (unpaired) electrons. The van der Waals surface area contributed by atoms with E-state index in [9.17, 15) is 4.79 Å². The van der Waals surface area contributed by atoms with E-state index in [1.807, 2.05) is 66.9 Å². The van der Waals surface area contributed by atoms with Crippen LogP contribution in [0.15, 0.2) is 77.1 Å². The van der Waals surface area contributed by atoms with E-state index in [0.717, 1.165) is 42.4 Å². The first-order chi connectivity index (χ1) is 15.2. The molecule has 3 aromatic rings. The maximum Gasteiger partial charge on any atom is 0.219 e. The fraction of sp³-hybridized carbons (Fsp3) is 0.333. The Kier molecular flexibility index (Phi) is 9.19. The average molecular weight is 434 g/mol. The molecule has 0 bridgehead atoms. The van der Waals surface area contributed by atoms with Crippen molar-refractivity contribution in [3.05, 3.63) is 82.6 Å². The monoisotopic (exact) mass is 433 g/mol. The number of nitrogens with zero attached hydrogens (tertiary/aromatic N) is 1. The molecule has 2 aromatic carbocycles. The van der Waals surface area contributed by atoms with E-state index in [0.29, 0.717) is 23.7 Å². The quantitative estimate of drug-likeness (QED) is 0.172. The number of hydrogen-bond donors (Lipinski definition) is 0. The number of unbranched alkanes of at least 4 members (excludes halogenated alkanes) is 2. The van der Waals surface area contributed by atoms with E-state index in [-0.39, 0.29) is 11.9 Å². The maximum absolute atomic E-state index is 13.6. The van der Waals surface area contributed by atoms with E-state index >= 15 is 0 Å². The second kappa shape index (κ2) is 12.3. The molecule has 162 valence electrons. The highest BCUT2D eigenvalue weighted by atomic mass is 32.1. The molecule has 0 aliphatic rings. The Morgan fingerprint density at radius 2 is 1.68 bits per heavy atom. The van der Waals surface area contributed by atoms with E-state index in [2.05, 4.69) is 19.1 Å². The summed E-state index contributed by atoms with van der Waals surface area (Å²) < 4.78 is 6.03. The Balaban J connectivity index is 1.88. The van der Waals surface area contributed by atoms with Gasteiger partial charge in [0, 0.05) is 6.61 Å². The van der Waals surface area contributed by atoms with Crippen molar-refractivity contribution in [2.45, 2.75) is 52.2 Å². The molecule has 1 aromatic heterocycles. The molecule has 31 heavy (non-hydrogen) atoms. The predicted octanol–water partition coefficient (Wildman–Crippen LogP) is 7.22. The summed E-state index contributed by atoms with van der Waals surface area (Å²) in [6.45, 7) is 5.21. The van der Waals surface area contributed by atoms with Crippen molar-refractivity contribution < 1.29 is 9.53 Å². The Bertz CT molecular complexity index is 963. The van der Waals surface area contributed by atoms with Crippen molar-refractivity contribution in [1.29, 1.82) is 0 Å². The molecule has 0 saturated carbocycles. The normalized spacial score (nSPS) is 12.6. The van der Waals surface area contributed by atoms with Gasteiger partial charge in [-0.1, -0.05) is 86.8 Å². The van der Waals surface area contributed by atoms with Gasteiger partial charge >= 0.3 is 0 Å². The first kappa shape index (κ1) is 23.1. The lowest BCUT2D eigenvalue weighted by Gasteiger charge is -2.18. The number of ketones is 1. The van der Waals surface area contributed by atoms with Crippen molar-refractivity contribution in [3.63, 3.8) is 0 Å². The molecule has 0 aliphatic heterocycles. The van der Waals surface area contributed by atoms with Crippen molar-refractivity contribution in [2.24, 2.45) is 4.99 Å². The van der Waals surface area contributed by atoms with E-state index in [1.165, 1.54) is 11.3 Å². The maximum atomic E-state index is 13.6. The summed E-state index contributed by atoms with van der Waals surface area (Å²) in [7, 11) is 0. The molecular weight excluding hydrogens is 402 g/mol. The Morgan fingerprint density at radius 3 is 2.35 bits per heavy atom. The second-order valence-corrected chi connectivity index (χ2v) is 8.43. The van der Waals surface area contributed by atoms with Gasteiger partial charge in [-0.2, -0.15) is 0 Å². The summed E-state index contributed by atoms with van der Waals surface area (Å²) in [5, 5.41) is 2.05. The van der Waals surface area contributed by atoms with E-state index < -0.39 is 0 Å². The molecular formula is C27H31NO2S. The van der Waals surface area contributed by atoms with Crippen LogP contribution in [0, 0.1) is 0 Å². The van der Waals surface area contributed by atoms with E-state index in [1.54, 1.807) is 0 Å². The standard InChI is InChI=1S/C27H31NO2S/c1-3-5-8-17-24(30-4-2)26(28-19-21-13-9-6-10-14-21)27(29)25-18-23(20-31-25)22-15-11-7-12-16-22/h6-7,9-16,18,20,24H,3-5,8,17,19H2,1-2H3. The van der Waals surface area contributed by atoms with Gasteiger partial charge in [-0.3, -0.25) is 9.79 Å². The zero-order valence-corrected chi connectivity index (χ0v) is 19.2. The molecule has 0 aliphatic carbocycles. The fourth-order valence-corrected chi connectivity index (χ4v) is 4.39. The highest BCUT2D eigenvalue weighted by Crippen LogP contribution is 2.27. The SMILES string of the molecule is CCCCCC(OCC)C(=NCc1ccccc1)C(=O)c1cc(-c2ccccc2)cs1. The second-order valence-electron chi connectivity index (χ2n) is 7.52. The van der Waals surface area contributed by atoms with Crippen LogP contribution in [0.3, 0.4) is 0 Å². The molecule has 0 N–H and O–H groups in total. The van der Waals surface area contributed by atoms with Gasteiger partial charge in [0.25, 0.3) is 0 Å². The van der Waals surface area contributed by atoms with Gasteiger partial charge in [0.1, 0.15) is 11.8 Å². The van der Waals surface area contributed by atoms with Crippen LogP contribution in [0.5, 0.6) is 0 Å². The summed E-state index contributed by atoms with van der Waals surface area (Å²) in [5.41, 5.74) is 3.82. The van der Waals surface area contributed by atoms with Gasteiger partial charge in [0.2, 0.25) is 5.78 Å². The van der Waals surface area contributed by atoms with Crippen LogP contribution in [-0.2, 0) is 11.3 Å². The first-order valence-corrected chi connectivity index (χ1v) is 12.0. The van der Waals surface area contributed by atoms with Crippen molar-refractivity contribution in [3.8, 4) is 11.1 Å². The third kappa shape index (κ3) is 6.71. The van der Waals surface area contributed by atoms with Crippen molar-refractivity contribution >= 4 is 22.8 Å². The Labute approximate surface area is 189 Å². The van der Waals surface area contributed by atoms with Crippen LogP contribution in [-0.4, -0.2) is 24.2 Å². The average Bonchev–Trinajstić information content (AvgIpc) is 3.31. The van der Waals surface area contributed by atoms with Gasteiger partial charge in [0.05, 0.1) is 11.4 Å². The third-order valence-corrected chi connectivity index (χ3v) is 6.11. The number of carbonyl (C=O) groups is 1. The lowest BCUT2D eigenvalue weighted by atomic mass is 10.0. The highest BCUT2D eigenvalue weighted by Gasteiger charge is 2.25. The van der Waals surface area contributed by atoms with Gasteiger partial charge in [0.15, 0.2) is 0 Å². The minimum absolute atomic E-state index is 0.0157. The number of ether oxygens (including phenoxy) is 1. The zero-order chi connectivity index (χ0) is 21.9.